The first-order valence-electron chi connectivity index (χ1n) is 3.26. The summed E-state index contributed by atoms with van der Waals surface area (Å²) in [5, 5.41) is 2.81. The maximum absolute atomic E-state index is 10.7. The summed E-state index contributed by atoms with van der Waals surface area (Å²) in [6, 6.07) is -0.443. The van der Waals surface area contributed by atoms with Gasteiger partial charge >= 0.3 is 0 Å². The third-order valence-corrected chi connectivity index (χ3v) is 1.74. The second-order valence-electron chi connectivity index (χ2n) is 2.52. The quantitative estimate of drug-likeness (QED) is 0.407. The molecule has 1 aliphatic carbocycles. The molecule has 1 saturated carbocycles. The van der Waals surface area contributed by atoms with Crippen molar-refractivity contribution in [2.45, 2.75) is 25.3 Å². The molecule has 1 rings (SSSR count). The van der Waals surface area contributed by atoms with Gasteiger partial charge < -0.3 is 0 Å². The first-order chi connectivity index (χ1) is 4.74. The van der Waals surface area contributed by atoms with E-state index in [1.807, 2.05) is 0 Å². The smallest absolute Gasteiger partial charge is 0.135 e. The van der Waals surface area contributed by atoms with E-state index in [0.717, 1.165) is 5.57 Å². The predicted molar refractivity (Wildman–Crippen MR) is 37.6 cm³/mol. The number of Topliss-reactive ketones (excluding diaryl/α,β-unsaturated/α-hetero) is 1. The monoisotopic (exact) mass is 139 g/mol. The molecule has 0 aromatic heterocycles. The summed E-state index contributed by atoms with van der Waals surface area (Å²) >= 11 is 0. The van der Waals surface area contributed by atoms with E-state index < -0.39 is 6.04 Å². The van der Waals surface area contributed by atoms with E-state index in [-0.39, 0.29) is 12.2 Å². The van der Waals surface area contributed by atoms with Crippen LogP contribution in [0.1, 0.15) is 19.3 Å². The maximum Gasteiger partial charge on any atom is 0.135 e. The number of nitrogens with zero attached hydrogens (tertiary/aromatic N) is 1. The lowest BCUT2D eigenvalue weighted by Gasteiger charge is -2.16. The first kappa shape index (κ1) is 7.12. The normalized spacial score (nSPS) is 26.6. The molecule has 0 spiro atoms. The van der Waals surface area contributed by atoms with Crippen molar-refractivity contribution < 1.29 is 4.79 Å². The lowest BCUT2D eigenvalue weighted by molar-refractivity contribution is -0.119. The Balaban J connectivity index is 2.62. The minimum atomic E-state index is -0.443. The molecule has 1 fully saturated rings. The molecular formula is C7H9NO2. The Hall–Kier alpha value is -0.990. The highest BCUT2D eigenvalue weighted by Gasteiger charge is 2.22. The van der Waals surface area contributed by atoms with E-state index in [1.54, 1.807) is 0 Å². The van der Waals surface area contributed by atoms with Gasteiger partial charge in [-0.1, -0.05) is 11.8 Å². The lowest BCUT2D eigenvalue weighted by atomic mass is 9.91. The Morgan fingerprint density at radius 2 is 2.20 bits per heavy atom. The van der Waals surface area contributed by atoms with Crippen molar-refractivity contribution in [2.75, 3.05) is 0 Å². The molecule has 10 heavy (non-hydrogen) atoms. The average molecular weight is 139 g/mol. The third kappa shape index (κ3) is 1.29. The van der Waals surface area contributed by atoms with Crippen LogP contribution in [0.2, 0.25) is 0 Å². The number of carbonyl (C=O) groups excluding carboxylic acids is 1. The van der Waals surface area contributed by atoms with Gasteiger partial charge in [0.2, 0.25) is 0 Å². The molecule has 0 aromatic carbocycles. The molecule has 1 atom stereocenters. The van der Waals surface area contributed by atoms with Gasteiger partial charge in [0, 0.05) is 12.8 Å². The van der Waals surface area contributed by atoms with Gasteiger partial charge in [-0.15, -0.1) is 0 Å². The number of nitroso groups, excluding NO2 is 1. The predicted octanol–water partition coefficient (Wildman–Crippen LogP) is 1.43. The van der Waals surface area contributed by atoms with Gasteiger partial charge in [0.15, 0.2) is 0 Å². The summed E-state index contributed by atoms with van der Waals surface area (Å²) in [6.45, 7) is 3.65. The Labute approximate surface area is 59.1 Å². The molecule has 0 N–H and O–H groups in total. The van der Waals surface area contributed by atoms with E-state index >= 15 is 0 Å². The maximum atomic E-state index is 10.7. The van der Waals surface area contributed by atoms with Gasteiger partial charge in [-0.25, -0.2) is 0 Å². The summed E-state index contributed by atoms with van der Waals surface area (Å²) in [5.74, 6) is 0.122. The van der Waals surface area contributed by atoms with Crippen LogP contribution in [-0.2, 0) is 4.79 Å². The van der Waals surface area contributed by atoms with Crippen LogP contribution in [0, 0.1) is 4.91 Å². The minimum Gasteiger partial charge on any atom is -0.300 e. The number of ketones is 1. The SMILES string of the molecule is C=C1CCC(=O)C[C@H]1N=O. The molecule has 0 saturated heterocycles. The van der Waals surface area contributed by atoms with Gasteiger partial charge in [-0.05, 0) is 12.0 Å². The third-order valence-electron chi connectivity index (χ3n) is 1.74. The molecule has 0 unspecified atom stereocenters. The Bertz CT molecular complexity index is 186. The average Bonchev–Trinajstić information content (AvgIpc) is 1.94. The van der Waals surface area contributed by atoms with Gasteiger partial charge in [-0.2, -0.15) is 4.91 Å². The van der Waals surface area contributed by atoms with E-state index in [1.165, 1.54) is 0 Å². The van der Waals surface area contributed by atoms with Crippen molar-refractivity contribution >= 4 is 5.78 Å². The van der Waals surface area contributed by atoms with Crippen molar-refractivity contribution in [3.05, 3.63) is 17.1 Å². The minimum absolute atomic E-state index is 0.122. The van der Waals surface area contributed by atoms with E-state index in [9.17, 15) is 9.70 Å². The molecule has 1 aliphatic rings. The topological polar surface area (TPSA) is 46.5 Å². The summed E-state index contributed by atoms with van der Waals surface area (Å²) in [5.41, 5.74) is 0.801. The van der Waals surface area contributed by atoms with E-state index in [4.69, 9.17) is 0 Å². The van der Waals surface area contributed by atoms with Crippen LogP contribution in [0.15, 0.2) is 17.3 Å². The lowest BCUT2D eigenvalue weighted by Crippen LogP contribution is -2.19. The number of carbonyl (C=O) groups is 1. The van der Waals surface area contributed by atoms with Crippen molar-refractivity contribution in [3.8, 4) is 0 Å². The second kappa shape index (κ2) is 2.73. The van der Waals surface area contributed by atoms with Gasteiger partial charge in [-0.3, -0.25) is 4.79 Å². The molecule has 0 aromatic rings. The fourth-order valence-electron chi connectivity index (χ4n) is 1.04. The highest BCUT2D eigenvalue weighted by molar-refractivity contribution is 5.81. The van der Waals surface area contributed by atoms with Crippen LogP contribution in [0.4, 0.5) is 0 Å². The number of rotatable bonds is 1. The first-order valence-corrected chi connectivity index (χ1v) is 3.26. The zero-order valence-corrected chi connectivity index (χ0v) is 5.67. The summed E-state index contributed by atoms with van der Waals surface area (Å²) in [7, 11) is 0. The molecule has 3 heteroatoms. The standard InChI is InChI=1S/C7H9NO2/c1-5-2-3-6(9)4-7(5)8-10/h7H,1-4H2/t7-/m1/s1. The molecule has 0 heterocycles. The van der Waals surface area contributed by atoms with Gasteiger partial charge in [0.25, 0.3) is 0 Å². The molecule has 0 radical (unpaired) electrons. The van der Waals surface area contributed by atoms with Crippen molar-refractivity contribution in [1.29, 1.82) is 0 Å². The number of hydrogen-bond donors (Lipinski definition) is 0. The highest BCUT2D eigenvalue weighted by atomic mass is 16.3. The van der Waals surface area contributed by atoms with Crippen LogP contribution < -0.4 is 0 Å². The van der Waals surface area contributed by atoms with Crippen LogP contribution in [0.3, 0.4) is 0 Å². The Morgan fingerprint density at radius 1 is 1.50 bits per heavy atom. The highest BCUT2D eigenvalue weighted by Crippen LogP contribution is 2.21. The molecule has 54 valence electrons. The Kier molecular flexibility index (Phi) is 1.94. The van der Waals surface area contributed by atoms with Crippen LogP contribution in [-0.4, -0.2) is 11.8 Å². The zero-order valence-electron chi connectivity index (χ0n) is 5.67. The second-order valence-corrected chi connectivity index (χ2v) is 2.52. The van der Waals surface area contributed by atoms with Crippen LogP contribution in [0.25, 0.3) is 0 Å². The summed E-state index contributed by atoms with van der Waals surface area (Å²) < 4.78 is 0. The van der Waals surface area contributed by atoms with Gasteiger partial charge in [0.1, 0.15) is 11.8 Å². The largest absolute Gasteiger partial charge is 0.300 e. The molecule has 0 aliphatic heterocycles. The molecule has 0 bridgehead atoms. The van der Waals surface area contributed by atoms with Crippen molar-refractivity contribution in [1.82, 2.24) is 0 Å². The fourth-order valence-corrected chi connectivity index (χ4v) is 1.04. The number of hydrogen-bond acceptors (Lipinski definition) is 3. The molecular weight excluding hydrogens is 130 g/mol. The molecule has 3 nitrogen and oxygen atoms in total. The van der Waals surface area contributed by atoms with Gasteiger partial charge in [0.05, 0.1) is 0 Å². The zero-order chi connectivity index (χ0) is 7.56. The van der Waals surface area contributed by atoms with Crippen LogP contribution in [0.5, 0.6) is 0 Å². The molecule has 0 amide bonds. The van der Waals surface area contributed by atoms with Crippen molar-refractivity contribution in [3.63, 3.8) is 0 Å². The van der Waals surface area contributed by atoms with Crippen molar-refractivity contribution in [2.24, 2.45) is 5.18 Å². The van der Waals surface area contributed by atoms with E-state index in [2.05, 4.69) is 11.8 Å². The van der Waals surface area contributed by atoms with Crippen LogP contribution >= 0.6 is 0 Å². The Morgan fingerprint density at radius 3 is 2.70 bits per heavy atom. The van der Waals surface area contributed by atoms with E-state index in [0.29, 0.717) is 12.8 Å². The fraction of sp³-hybridized carbons (Fsp3) is 0.571. The summed E-state index contributed by atoms with van der Waals surface area (Å²) in [4.78, 5) is 20.8. The summed E-state index contributed by atoms with van der Waals surface area (Å²) in [6.07, 6.45) is 1.43.